The number of fused-ring (bicyclic) bond motifs is 1. The SMILES string of the molecule is O=C(Nc1ccc(CCl)cc1)c1ccnc2ccccc12. The first kappa shape index (κ1) is 13.6. The predicted molar refractivity (Wildman–Crippen MR) is 85.7 cm³/mol. The summed E-state index contributed by atoms with van der Waals surface area (Å²) in [5, 5.41) is 3.73. The number of anilines is 1. The summed E-state index contributed by atoms with van der Waals surface area (Å²) in [6.45, 7) is 0. The first-order valence-corrected chi connectivity index (χ1v) is 7.11. The van der Waals surface area contributed by atoms with E-state index >= 15 is 0 Å². The van der Waals surface area contributed by atoms with Crippen molar-refractivity contribution in [2.75, 3.05) is 5.32 Å². The molecule has 1 N–H and O–H groups in total. The number of nitrogens with one attached hydrogen (secondary N) is 1. The van der Waals surface area contributed by atoms with E-state index in [1.54, 1.807) is 12.3 Å². The fourth-order valence-electron chi connectivity index (χ4n) is 2.17. The molecule has 0 spiro atoms. The highest BCUT2D eigenvalue weighted by Gasteiger charge is 2.10. The fraction of sp³-hybridized carbons (Fsp3) is 0.0588. The largest absolute Gasteiger partial charge is 0.322 e. The van der Waals surface area contributed by atoms with Crippen molar-refractivity contribution in [2.24, 2.45) is 0 Å². The Hall–Kier alpha value is -2.39. The summed E-state index contributed by atoms with van der Waals surface area (Å²) in [5.41, 5.74) is 3.18. The lowest BCUT2D eigenvalue weighted by Crippen LogP contribution is -2.12. The molecule has 1 heterocycles. The Kier molecular flexibility index (Phi) is 3.84. The summed E-state index contributed by atoms with van der Waals surface area (Å²) in [6, 6.07) is 16.8. The quantitative estimate of drug-likeness (QED) is 0.735. The minimum Gasteiger partial charge on any atom is -0.322 e. The number of rotatable bonds is 3. The maximum absolute atomic E-state index is 12.4. The van der Waals surface area contributed by atoms with Crippen molar-refractivity contribution in [3.05, 3.63) is 71.9 Å². The average Bonchev–Trinajstić information content (AvgIpc) is 2.55. The van der Waals surface area contributed by atoms with Crippen LogP contribution in [0.15, 0.2) is 60.8 Å². The number of para-hydroxylation sites is 1. The van der Waals surface area contributed by atoms with Crippen LogP contribution < -0.4 is 5.32 Å². The Morgan fingerprint density at radius 3 is 2.57 bits per heavy atom. The first-order valence-electron chi connectivity index (χ1n) is 6.58. The molecular formula is C17H13ClN2O. The van der Waals surface area contributed by atoms with Crippen LogP contribution in [0.1, 0.15) is 15.9 Å². The van der Waals surface area contributed by atoms with E-state index in [1.165, 1.54) is 0 Å². The topological polar surface area (TPSA) is 42.0 Å². The third-order valence-corrected chi connectivity index (χ3v) is 3.57. The highest BCUT2D eigenvalue weighted by Crippen LogP contribution is 2.18. The molecular weight excluding hydrogens is 284 g/mol. The van der Waals surface area contributed by atoms with E-state index in [0.717, 1.165) is 22.2 Å². The predicted octanol–water partition coefficient (Wildman–Crippen LogP) is 4.23. The van der Waals surface area contributed by atoms with Gasteiger partial charge in [0.15, 0.2) is 0 Å². The lowest BCUT2D eigenvalue weighted by molar-refractivity contribution is 0.102. The molecule has 0 unspecified atom stereocenters. The van der Waals surface area contributed by atoms with E-state index < -0.39 is 0 Å². The van der Waals surface area contributed by atoms with Gasteiger partial charge in [0.25, 0.3) is 5.91 Å². The number of aromatic nitrogens is 1. The molecule has 0 aliphatic heterocycles. The molecule has 3 rings (SSSR count). The Morgan fingerprint density at radius 2 is 1.81 bits per heavy atom. The molecule has 0 saturated carbocycles. The van der Waals surface area contributed by atoms with E-state index in [-0.39, 0.29) is 5.91 Å². The van der Waals surface area contributed by atoms with Gasteiger partial charge >= 0.3 is 0 Å². The van der Waals surface area contributed by atoms with Crippen LogP contribution in [0, 0.1) is 0 Å². The van der Waals surface area contributed by atoms with Crippen molar-refractivity contribution in [3.63, 3.8) is 0 Å². The molecule has 0 atom stereocenters. The monoisotopic (exact) mass is 296 g/mol. The van der Waals surface area contributed by atoms with Gasteiger partial charge in [-0.1, -0.05) is 30.3 Å². The maximum Gasteiger partial charge on any atom is 0.256 e. The molecule has 4 heteroatoms. The van der Waals surface area contributed by atoms with Crippen molar-refractivity contribution in [1.29, 1.82) is 0 Å². The number of hydrogen-bond acceptors (Lipinski definition) is 2. The lowest BCUT2D eigenvalue weighted by Gasteiger charge is -2.08. The number of carbonyl (C=O) groups is 1. The van der Waals surface area contributed by atoms with Gasteiger partial charge in [-0.25, -0.2) is 0 Å². The Balaban J connectivity index is 1.90. The number of halogens is 1. The van der Waals surface area contributed by atoms with Gasteiger partial charge in [0.2, 0.25) is 0 Å². The maximum atomic E-state index is 12.4. The number of nitrogens with zero attached hydrogens (tertiary/aromatic N) is 1. The van der Waals surface area contributed by atoms with Gasteiger partial charge in [-0.15, -0.1) is 11.6 Å². The molecule has 3 nitrogen and oxygen atoms in total. The average molecular weight is 297 g/mol. The summed E-state index contributed by atoms with van der Waals surface area (Å²) in [4.78, 5) is 16.7. The van der Waals surface area contributed by atoms with E-state index in [9.17, 15) is 4.79 Å². The van der Waals surface area contributed by atoms with Gasteiger partial charge in [0, 0.05) is 23.2 Å². The zero-order chi connectivity index (χ0) is 14.7. The van der Waals surface area contributed by atoms with Gasteiger partial charge in [-0.2, -0.15) is 0 Å². The van der Waals surface area contributed by atoms with Crippen LogP contribution in [-0.4, -0.2) is 10.9 Å². The van der Waals surface area contributed by atoms with Crippen molar-refractivity contribution in [1.82, 2.24) is 4.98 Å². The fourth-order valence-corrected chi connectivity index (χ4v) is 2.35. The molecule has 21 heavy (non-hydrogen) atoms. The Labute approximate surface area is 127 Å². The molecule has 104 valence electrons. The number of carbonyl (C=O) groups excluding carboxylic acids is 1. The molecule has 0 aliphatic carbocycles. The minimum atomic E-state index is -0.146. The molecule has 1 amide bonds. The molecule has 0 fully saturated rings. The smallest absolute Gasteiger partial charge is 0.256 e. The molecule has 1 aromatic heterocycles. The molecule has 0 radical (unpaired) electrons. The van der Waals surface area contributed by atoms with Crippen molar-refractivity contribution >= 4 is 34.1 Å². The zero-order valence-corrected chi connectivity index (χ0v) is 12.0. The third kappa shape index (κ3) is 2.88. The molecule has 3 aromatic rings. The van der Waals surface area contributed by atoms with Crippen LogP contribution in [0.4, 0.5) is 5.69 Å². The number of pyridine rings is 1. The number of benzene rings is 2. The second-order valence-electron chi connectivity index (χ2n) is 4.66. The Morgan fingerprint density at radius 1 is 1.05 bits per heavy atom. The van der Waals surface area contributed by atoms with Gasteiger partial charge in [-0.05, 0) is 29.8 Å². The van der Waals surface area contributed by atoms with E-state index in [1.807, 2.05) is 48.5 Å². The van der Waals surface area contributed by atoms with Crippen LogP contribution in [0.3, 0.4) is 0 Å². The van der Waals surface area contributed by atoms with Crippen molar-refractivity contribution < 1.29 is 4.79 Å². The van der Waals surface area contributed by atoms with Crippen LogP contribution in [0.25, 0.3) is 10.9 Å². The number of amides is 1. The van der Waals surface area contributed by atoms with Gasteiger partial charge in [0.05, 0.1) is 11.1 Å². The molecule has 0 bridgehead atoms. The van der Waals surface area contributed by atoms with E-state index in [2.05, 4.69) is 10.3 Å². The first-order chi connectivity index (χ1) is 10.3. The number of hydrogen-bond donors (Lipinski definition) is 1. The summed E-state index contributed by atoms with van der Waals surface area (Å²) >= 11 is 5.75. The Bertz CT molecular complexity index is 779. The third-order valence-electron chi connectivity index (χ3n) is 3.26. The highest BCUT2D eigenvalue weighted by atomic mass is 35.5. The van der Waals surface area contributed by atoms with Gasteiger partial charge in [0.1, 0.15) is 0 Å². The van der Waals surface area contributed by atoms with Crippen molar-refractivity contribution in [2.45, 2.75) is 5.88 Å². The second kappa shape index (κ2) is 5.94. The number of alkyl halides is 1. The lowest BCUT2D eigenvalue weighted by atomic mass is 10.1. The van der Waals surface area contributed by atoms with Crippen LogP contribution >= 0.6 is 11.6 Å². The highest BCUT2D eigenvalue weighted by molar-refractivity contribution is 6.17. The minimum absolute atomic E-state index is 0.146. The molecule has 0 aliphatic rings. The van der Waals surface area contributed by atoms with Crippen molar-refractivity contribution in [3.8, 4) is 0 Å². The van der Waals surface area contributed by atoms with Crippen LogP contribution in [0.5, 0.6) is 0 Å². The second-order valence-corrected chi connectivity index (χ2v) is 4.93. The molecule has 0 saturated heterocycles. The standard InChI is InChI=1S/C17H13ClN2O/c18-11-12-5-7-13(8-6-12)20-17(21)15-9-10-19-16-4-2-1-3-14(15)16/h1-10H,11H2,(H,20,21). The summed E-state index contributed by atoms with van der Waals surface area (Å²) in [5.74, 6) is 0.315. The zero-order valence-electron chi connectivity index (χ0n) is 11.2. The normalized spacial score (nSPS) is 10.5. The van der Waals surface area contributed by atoms with Crippen LogP contribution in [0.2, 0.25) is 0 Å². The van der Waals surface area contributed by atoms with E-state index in [0.29, 0.717) is 11.4 Å². The summed E-state index contributed by atoms with van der Waals surface area (Å²) in [7, 11) is 0. The van der Waals surface area contributed by atoms with Gasteiger partial charge < -0.3 is 5.32 Å². The van der Waals surface area contributed by atoms with Crippen LogP contribution in [-0.2, 0) is 5.88 Å². The van der Waals surface area contributed by atoms with E-state index in [4.69, 9.17) is 11.6 Å². The summed E-state index contributed by atoms with van der Waals surface area (Å²) in [6.07, 6.45) is 1.65. The summed E-state index contributed by atoms with van der Waals surface area (Å²) < 4.78 is 0. The molecule has 2 aromatic carbocycles. The van der Waals surface area contributed by atoms with Gasteiger partial charge in [-0.3, -0.25) is 9.78 Å².